The summed E-state index contributed by atoms with van der Waals surface area (Å²) < 4.78 is 0. The molecular weight excluding hydrogens is 264 g/mol. The van der Waals surface area contributed by atoms with E-state index >= 15 is 0 Å². The van der Waals surface area contributed by atoms with E-state index in [4.69, 9.17) is 0 Å². The summed E-state index contributed by atoms with van der Waals surface area (Å²) in [7, 11) is 0. The fourth-order valence-corrected chi connectivity index (χ4v) is 2.25. The maximum absolute atomic E-state index is 11.9. The van der Waals surface area contributed by atoms with Gasteiger partial charge in [0.15, 0.2) is 0 Å². The molecule has 0 aromatic heterocycles. The zero-order valence-electron chi connectivity index (χ0n) is 12.6. The standard InChI is InChI=1S/C17H22N2O2/c1-12-3-4-13(2)16(11-12)19-17(21)18-10-9-14-5-7-15(20)8-6-14/h5-8,11,20H,3-4,9-10H2,1-2H3,(H2,18,19,21). The Morgan fingerprint density at radius 1 is 1.19 bits per heavy atom. The number of rotatable bonds is 4. The van der Waals surface area contributed by atoms with Crippen LogP contribution in [0.1, 0.15) is 32.3 Å². The highest BCUT2D eigenvalue weighted by molar-refractivity contribution is 5.76. The van der Waals surface area contributed by atoms with Crippen molar-refractivity contribution in [3.05, 3.63) is 52.7 Å². The van der Waals surface area contributed by atoms with Crippen LogP contribution < -0.4 is 10.6 Å². The maximum Gasteiger partial charge on any atom is 0.319 e. The van der Waals surface area contributed by atoms with Gasteiger partial charge < -0.3 is 15.7 Å². The topological polar surface area (TPSA) is 61.4 Å². The van der Waals surface area contributed by atoms with Crippen molar-refractivity contribution in [2.24, 2.45) is 0 Å². The number of hydrogen-bond donors (Lipinski definition) is 3. The van der Waals surface area contributed by atoms with Gasteiger partial charge in [-0.25, -0.2) is 4.79 Å². The second kappa shape index (κ2) is 6.97. The molecule has 1 aliphatic carbocycles. The van der Waals surface area contributed by atoms with Gasteiger partial charge >= 0.3 is 6.03 Å². The monoisotopic (exact) mass is 286 g/mol. The zero-order chi connectivity index (χ0) is 15.2. The molecule has 2 rings (SSSR count). The van der Waals surface area contributed by atoms with E-state index in [1.165, 1.54) is 11.1 Å². The smallest absolute Gasteiger partial charge is 0.319 e. The first-order valence-corrected chi connectivity index (χ1v) is 7.24. The van der Waals surface area contributed by atoms with Crippen molar-refractivity contribution in [2.75, 3.05) is 6.54 Å². The lowest BCUT2D eigenvalue weighted by Crippen LogP contribution is -2.36. The molecule has 4 heteroatoms. The molecule has 1 aromatic carbocycles. The minimum atomic E-state index is -0.172. The van der Waals surface area contributed by atoms with Gasteiger partial charge in [0.25, 0.3) is 0 Å². The van der Waals surface area contributed by atoms with Crippen LogP contribution in [0.4, 0.5) is 4.79 Å². The third-order valence-electron chi connectivity index (χ3n) is 3.63. The van der Waals surface area contributed by atoms with Gasteiger partial charge in [0.1, 0.15) is 5.75 Å². The first-order chi connectivity index (χ1) is 10.0. The fraction of sp³-hybridized carbons (Fsp3) is 0.353. The van der Waals surface area contributed by atoms with Gasteiger partial charge in [0.05, 0.1) is 0 Å². The highest BCUT2D eigenvalue weighted by atomic mass is 16.3. The van der Waals surface area contributed by atoms with Crippen molar-refractivity contribution in [1.29, 1.82) is 0 Å². The van der Waals surface area contributed by atoms with Crippen molar-refractivity contribution in [3.8, 4) is 5.75 Å². The molecule has 0 radical (unpaired) electrons. The number of allylic oxidation sites excluding steroid dienone is 3. The summed E-state index contributed by atoms with van der Waals surface area (Å²) in [4.78, 5) is 11.9. The van der Waals surface area contributed by atoms with E-state index in [1.807, 2.05) is 18.2 Å². The summed E-state index contributed by atoms with van der Waals surface area (Å²) in [6, 6.07) is 6.84. The first kappa shape index (κ1) is 15.2. The largest absolute Gasteiger partial charge is 0.508 e. The van der Waals surface area contributed by atoms with E-state index in [2.05, 4.69) is 24.5 Å². The average molecular weight is 286 g/mol. The van der Waals surface area contributed by atoms with E-state index < -0.39 is 0 Å². The number of nitrogens with one attached hydrogen (secondary N) is 2. The van der Waals surface area contributed by atoms with Crippen LogP contribution >= 0.6 is 0 Å². The molecule has 0 saturated heterocycles. The van der Waals surface area contributed by atoms with E-state index in [-0.39, 0.29) is 11.8 Å². The Morgan fingerprint density at radius 3 is 2.62 bits per heavy atom. The Balaban J connectivity index is 1.79. The van der Waals surface area contributed by atoms with Crippen molar-refractivity contribution in [1.82, 2.24) is 10.6 Å². The molecule has 0 saturated carbocycles. The third kappa shape index (κ3) is 4.67. The summed E-state index contributed by atoms with van der Waals surface area (Å²) in [5.41, 5.74) is 4.51. The summed E-state index contributed by atoms with van der Waals surface area (Å²) in [5.74, 6) is 0.256. The molecule has 3 N–H and O–H groups in total. The number of benzene rings is 1. The lowest BCUT2D eigenvalue weighted by Gasteiger charge is -2.17. The molecule has 112 valence electrons. The van der Waals surface area contributed by atoms with Gasteiger partial charge in [-0.15, -0.1) is 0 Å². The molecule has 0 spiro atoms. The minimum absolute atomic E-state index is 0.172. The first-order valence-electron chi connectivity index (χ1n) is 7.24. The molecule has 0 fully saturated rings. The number of urea groups is 1. The third-order valence-corrected chi connectivity index (χ3v) is 3.63. The van der Waals surface area contributed by atoms with Crippen molar-refractivity contribution >= 4 is 6.03 Å². The summed E-state index contributed by atoms with van der Waals surface area (Å²) >= 11 is 0. The lowest BCUT2D eigenvalue weighted by molar-refractivity contribution is 0.243. The van der Waals surface area contributed by atoms with Crippen LogP contribution in [0.25, 0.3) is 0 Å². The minimum Gasteiger partial charge on any atom is -0.508 e. The zero-order valence-corrected chi connectivity index (χ0v) is 12.6. The van der Waals surface area contributed by atoms with Crippen molar-refractivity contribution in [3.63, 3.8) is 0 Å². The number of phenols is 1. The van der Waals surface area contributed by atoms with Gasteiger partial charge in [-0.3, -0.25) is 0 Å². The maximum atomic E-state index is 11.9. The number of phenolic OH excluding ortho intramolecular Hbond substituents is 1. The Hall–Kier alpha value is -2.23. The van der Waals surface area contributed by atoms with E-state index in [0.717, 1.165) is 30.5 Å². The SMILES string of the molecule is CC1=CC(NC(=O)NCCc2ccc(O)cc2)=C(C)CC1. The molecule has 0 bridgehead atoms. The average Bonchev–Trinajstić information content (AvgIpc) is 2.45. The van der Waals surface area contributed by atoms with Gasteiger partial charge in [0.2, 0.25) is 0 Å². The quantitative estimate of drug-likeness (QED) is 0.795. The molecule has 0 heterocycles. The Morgan fingerprint density at radius 2 is 1.90 bits per heavy atom. The van der Waals surface area contributed by atoms with Gasteiger partial charge in [0, 0.05) is 12.2 Å². The van der Waals surface area contributed by atoms with Crippen LogP contribution in [-0.2, 0) is 6.42 Å². The second-order valence-corrected chi connectivity index (χ2v) is 5.48. The van der Waals surface area contributed by atoms with Crippen molar-refractivity contribution in [2.45, 2.75) is 33.1 Å². The highest BCUT2D eigenvalue weighted by Gasteiger charge is 2.10. The second-order valence-electron chi connectivity index (χ2n) is 5.48. The predicted molar refractivity (Wildman–Crippen MR) is 84.0 cm³/mol. The van der Waals surface area contributed by atoms with Crippen molar-refractivity contribution < 1.29 is 9.90 Å². The summed E-state index contributed by atoms with van der Waals surface area (Å²) in [6.45, 7) is 4.69. The van der Waals surface area contributed by atoms with Gasteiger partial charge in [-0.05, 0) is 62.5 Å². The Bertz CT molecular complexity index is 571. The normalized spacial score (nSPS) is 14.7. The van der Waals surface area contributed by atoms with E-state index in [9.17, 15) is 9.90 Å². The van der Waals surface area contributed by atoms with E-state index in [0.29, 0.717) is 6.54 Å². The molecule has 0 aliphatic heterocycles. The van der Waals surface area contributed by atoms with Crippen LogP contribution in [0.2, 0.25) is 0 Å². The number of aromatic hydroxyl groups is 1. The van der Waals surface area contributed by atoms with Gasteiger partial charge in [-0.2, -0.15) is 0 Å². The van der Waals surface area contributed by atoms with Crippen LogP contribution in [0.3, 0.4) is 0 Å². The molecule has 2 amide bonds. The Kier molecular flexibility index (Phi) is 5.04. The fourth-order valence-electron chi connectivity index (χ4n) is 2.25. The molecule has 21 heavy (non-hydrogen) atoms. The lowest BCUT2D eigenvalue weighted by atomic mass is 9.98. The number of carbonyl (C=O) groups is 1. The van der Waals surface area contributed by atoms with Crippen LogP contribution in [0.5, 0.6) is 5.75 Å². The molecular formula is C17H22N2O2. The van der Waals surface area contributed by atoms with Gasteiger partial charge in [-0.1, -0.05) is 17.7 Å². The molecule has 0 unspecified atom stereocenters. The summed E-state index contributed by atoms with van der Waals surface area (Å²) in [5, 5.41) is 15.0. The predicted octanol–water partition coefficient (Wildman–Crippen LogP) is 3.25. The molecule has 4 nitrogen and oxygen atoms in total. The van der Waals surface area contributed by atoms with Crippen LogP contribution in [0, 0.1) is 0 Å². The van der Waals surface area contributed by atoms with Crippen LogP contribution in [0.15, 0.2) is 47.2 Å². The number of amides is 2. The Labute approximate surface area is 125 Å². The number of hydrogen-bond acceptors (Lipinski definition) is 2. The van der Waals surface area contributed by atoms with Crippen LogP contribution in [-0.4, -0.2) is 17.7 Å². The summed E-state index contributed by atoms with van der Waals surface area (Å²) in [6.07, 6.45) is 4.85. The highest BCUT2D eigenvalue weighted by Crippen LogP contribution is 2.21. The number of carbonyl (C=O) groups excluding carboxylic acids is 1. The van der Waals surface area contributed by atoms with E-state index in [1.54, 1.807) is 12.1 Å². The molecule has 1 aromatic rings. The molecule has 1 aliphatic rings. The molecule has 0 atom stereocenters.